The number of anilines is 6. The van der Waals surface area contributed by atoms with Crippen molar-refractivity contribution < 1.29 is 0 Å². The largest absolute Gasteiger partial charge is 0.310 e. The lowest BCUT2D eigenvalue weighted by molar-refractivity contribution is 1.30. The van der Waals surface area contributed by atoms with Gasteiger partial charge in [0.1, 0.15) is 0 Å². The van der Waals surface area contributed by atoms with Crippen molar-refractivity contribution in [1.29, 1.82) is 0 Å². The zero-order valence-electron chi connectivity index (χ0n) is 46.2. The molecule has 0 unspecified atom stereocenters. The van der Waals surface area contributed by atoms with Crippen molar-refractivity contribution in [3.63, 3.8) is 0 Å². The molecule has 15 aromatic carbocycles. The molecule has 0 fully saturated rings. The van der Waals surface area contributed by atoms with E-state index in [2.05, 4.69) is 350 Å². The van der Waals surface area contributed by atoms with Crippen LogP contribution < -0.4 is 9.80 Å². The van der Waals surface area contributed by atoms with Gasteiger partial charge in [-0.2, -0.15) is 0 Å². The quantitative estimate of drug-likeness (QED) is 0.0889. The molecule has 0 radical (unpaired) electrons. The lowest BCUT2D eigenvalue weighted by Crippen LogP contribution is -2.10. The first-order valence-corrected chi connectivity index (χ1v) is 28.9. The molecule has 0 amide bonds. The van der Waals surface area contributed by atoms with Gasteiger partial charge in [-0.25, -0.2) is 0 Å². The van der Waals surface area contributed by atoms with E-state index in [0.29, 0.717) is 0 Å². The predicted octanol–water partition coefficient (Wildman–Crippen LogP) is 23.2. The third-order valence-electron chi connectivity index (χ3n) is 16.5. The van der Waals surface area contributed by atoms with Crippen molar-refractivity contribution in [1.82, 2.24) is 0 Å². The molecular weight excluding hydrogens is 1010 g/mol. The van der Waals surface area contributed by atoms with Gasteiger partial charge >= 0.3 is 0 Å². The number of rotatable bonds is 12. The second-order valence-electron chi connectivity index (χ2n) is 21.6. The Morgan fingerprint density at radius 2 is 0.488 bits per heavy atom. The number of benzene rings is 15. The summed E-state index contributed by atoms with van der Waals surface area (Å²) in [6, 6.07) is 115. The van der Waals surface area contributed by atoms with Gasteiger partial charge in [-0.15, -0.1) is 0 Å². The second-order valence-corrected chi connectivity index (χ2v) is 21.6. The maximum Gasteiger partial charge on any atom is 0.0546 e. The van der Waals surface area contributed by atoms with E-state index in [9.17, 15) is 0 Å². The zero-order chi connectivity index (χ0) is 55.8. The Hall–Kier alpha value is -11.1. The number of nitrogens with zero attached hydrogens (tertiary/aromatic N) is 2. The molecule has 394 valence electrons. The van der Waals surface area contributed by atoms with Crippen LogP contribution in [0, 0.1) is 0 Å². The van der Waals surface area contributed by atoms with Gasteiger partial charge in [0, 0.05) is 33.5 Å². The first-order valence-electron chi connectivity index (χ1n) is 28.9. The number of hydrogen-bond acceptors (Lipinski definition) is 2. The summed E-state index contributed by atoms with van der Waals surface area (Å²) in [5, 5.41) is 14.7. The second kappa shape index (κ2) is 21.8. The molecule has 0 bridgehead atoms. The first kappa shape index (κ1) is 49.9. The fourth-order valence-corrected chi connectivity index (χ4v) is 12.6. The molecule has 0 aliphatic carbocycles. The predicted molar refractivity (Wildman–Crippen MR) is 362 cm³/mol. The van der Waals surface area contributed by atoms with Crippen LogP contribution in [0.25, 0.3) is 111 Å². The van der Waals surface area contributed by atoms with Crippen molar-refractivity contribution in [3.05, 3.63) is 338 Å². The Bertz CT molecular complexity index is 4650. The average Bonchev–Trinajstić information content (AvgIpc) is 2.15. The van der Waals surface area contributed by atoms with Crippen LogP contribution in [-0.2, 0) is 0 Å². The first-order chi connectivity index (χ1) is 41.7. The lowest BCUT2D eigenvalue weighted by atomic mass is 9.84. The van der Waals surface area contributed by atoms with Crippen LogP contribution in [0.15, 0.2) is 315 Å². The molecule has 0 saturated carbocycles. The van der Waals surface area contributed by atoms with Crippen LogP contribution in [0.5, 0.6) is 0 Å². The summed E-state index contributed by atoms with van der Waals surface area (Å²) in [6.07, 6.45) is 9.00. The normalized spacial score (nSPS) is 11.7. The standard InChI is InChI=1S/C82H56N2/c1-5-21-61(22-6-1)81-75-51-45-59(39-37-57-41-47-67(48-42-57)83(65-27-9-3-10-28-65)79-55-63-25-13-15-31-69(63)71-33-17-19-35-73(71)79)53-77(75)78-54-60(46-52-76(78)82(81)62-23-7-2-8-24-62)40-38-58-43-49-68(50-44-58)84(66-29-11-4-12-30-66)80-56-64-26-14-16-32-70(64)72-34-18-20-36-74(72)80/h1-56H/b39-37+,40-38+. The highest BCUT2D eigenvalue weighted by Gasteiger charge is 2.21. The summed E-state index contributed by atoms with van der Waals surface area (Å²) in [5.41, 5.74) is 16.1. The van der Waals surface area contributed by atoms with Crippen LogP contribution in [0.3, 0.4) is 0 Å². The lowest BCUT2D eigenvalue weighted by Gasteiger charge is -2.27. The van der Waals surface area contributed by atoms with Crippen LogP contribution in [-0.4, -0.2) is 0 Å². The maximum absolute atomic E-state index is 2.39. The van der Waals surface area contributed by atoms with E-state index < -0.39 is 0 Å². The van der Waals surface area contributed by atoms with Gasteiger partial charge in [-0.05, 0) is 171 Å². The molecule has 15 rings (SSSR count). The van der Waals surface area contributed by atoms with E-state index >= 15 is 0 Å². The van der Waals surface area contributed by atoms with Gasteiger partial charge in [0.05, 0.1) is 11.4 Å². The molecule has 2 nitrogen and oxygen atoms in total. The highest BCUT2D eigenvalue weighted by molar-refractivity contribution is 6.23. The SMILES string of the molecule is C(=C\c1ccc2c(-c3ccccc3)c(-c3ccccc3)c3ccc(/C=C/c4ccc(N(c5ccccc5)c5cc6ccccc6c6ccccc56)cc4)cc3c2c1)/c1ccc(N(c2ccccc2)c2cc3ccccc3c3ccccc23)cc1. The van der Waals surface area contributed by atoms with E-state index in [1.54, 1.807) is 0 Å². The molecule has 2 heteroatoms. The third-order valence-corrected chi connectivity index (χ3v) is 16.5. The fraction of sp³-hybridized carbons (Fsp3) is 0. The minimum absolute atomic E-state index is 1.10. The van der Waals surface area contributed by atoms with Crippen LogP contribution in [0.2, 0.25) is 0 Å². The number of para-hydroxylation sites is 2. The zero-order valence-corrected chi connectivity index (χ0v) is 46.2. The van der Waals surface area contributed by atoms with Gasteiger partial charge < -0.3 is 9.80 Å². The van der Waals surface area contributed by atoms with Crippen molar-refractivity contribution in [2.45, 2.75) is 0 Å². The van der Waals surface area contributed by atoms with Gasteiger partial charge in [-0.1, -0.05) is 267 Å². The van der Waals surface area contributed by atoms with E-state index in [-0.39, 0.29) is 0 Å². The Morgan fingerprint density at radius 1 is 0.190 bits per heavy atom. The monoisotopic (exact) mass is 1070 g/mol. The van der Waals surface area contributed by atoms with Crippen LogP contribution >= 0.6 is 0 Å². The molecule has 15 aromatic rings. The van der Waals surface area contributed by atoms with E-state index in [1.807, 2.05) is 0 Å². The summed E-state index contributed by atoms with van der Waals surface area (Å²) < 4.78 is 0. The molecule has 0 N–H and O–H groups in total. The third kappa shape index (κ3) is 9.32. The molecule has 0 aromatic heterocycles. The van der Waals surface area contributed by atoms with Crippen LogP contribution in [0.1, 0.15) is 22.3 Å². The Balaban J connectivity index is 0.802. The Morgan fingerprint density at radius 3 is 0.881 bits per heavy atom. The topological polar surface area (TPSA) is 6.48 Å². The maximum atomic E-state index is 2.39. The molecule has 0 saturated heterocycles. The van der Waals surface area contributed by atoms with Crippen molar-refractivity contribution in [3.8, 4) is 22.3 Å². The fourth-order valence-electron chi connectivity index (χ4n) is 12.6. The number of fused-ring (bicyclic) bond motifs is 9. The van der Waals surface area contributed by atoms with Gasteiger partial charge in [0.25, 0.3) is 0 Å². The molecule has 0 aliphatic rings. The Kier molecular flexibility index (Phi) is 12.9. The van der Waals surface area contributed by atoms with Gasteiger partial charge in [0.2, 0.25) is 0 Å². The molecule has 0 aliphatic heterocycles. The molecule has 84 heavy (non-hydrogen) atoms. The number of hydrogen-bond donors (Lipinski definition) is 0. The molecule has 0 heterocycles. The van der Waals surface area contributed by atoms with E-state index in [1.165, 1.54) is 86.9 Å². The summed E-state index contributed by atoms with van der Waals surface area (Å²) in [6.45, 7) is 0. The van der Waals surface area contributed by atoms with Crippen molar-refractivity contribution in [2.24, 2.45) is 0 Å². The Labute approximate surface area is 490 Å². The highest BCUT2D eigenvalue weighted by atomic mass is 15.1. The van der Waals surface area contributed by atoms with E-state index in [4.69, 9.17) is 0 Å². The summed E-state index contributed by atoms with van der Waals surface area (Å²) in [4.78, 5) is 4.78. The molecule has 0 atom stereocenters. The summed E-state index contributed by atoms with van der Waals surface area (Å²) >= 11 is 0. The van der Waals surface area contributed by atoms with Crippen LogP contribution in [0.4, 0.5) is 34.1 Å². The molecule has 0 spiro atoms. The van der Waals surface area contributed by atoms with E-state index in [0.717, 1.165) is 56.4 Å². The summed E-state index contributed by atoms with van der Waals surface area (Å²) in [5.74, 6) is 0. The van der Waals surface area contributed by atoms with Gasteiger partial charge in [0.15, 0.2) is 0 Å². The minimum Gasteiger partial charge on any atom is -0.310 e. The highest BCUT2D eigenvalue weighted by Crippen LogP contribution is 2.47. The molecular formula is C82H56N2. The smallest absolute Gasteiger partial charge is 0.0546 e. The van der Waals surface area contributed by atoms with Crippen molar-refractivity contribution in [2.75, 3.05) is 9.80 Å². The van der Waals surface area contributed by atoms with Gasteiger partial charge in [-0.3, -0.25) is 0 Å². The van der Waals surface area contributed by atoms with Crippen molar-refractivity contribution >= 4 is 123 Å². The summed E-state index contributed by atoms with van der Waals surface area (Å²) in [7, 11) is 0. The minimum atomic E-state index is 1.10. The average molecular weight is 1070 g/mol.